The molecular formula is C27H27ClFN7O2. The summed E-state index contributed by atoms with van der Waals surface area (Å²) in [5, 5.41) is 11.0. The van der Waals surface area contributed by atoms with E-state index in [2.05, 4.69) is 49.6 Å². The zero-order chi connectivity index (χ0) is 26.6. The zero-order valence-electron chi connectivity index (χ0n) is 21.2. The number of benzene rings is 2. The molecule has 3 heterocycles. The van der Waals surface area contributed by atoms with Crippen LogP contribution in [0.25, 0.3) is 33.8 Å². The predicted octanol–water partition coefficient (Wildman–Crippen LogP) is 5.64. The maximum atomic E-state index is 14.5. The van der Waals surface area contributed by atoms with Crippen LogP contribution in [0, 0.1) is 5.82 Å². The Hall–Kier alpha value is -3.99. The average molecular weight is 536 g/mol. The first kappa shape index (κ1) is 25.7. The largest absolute Gasteiger partial charge is 0.493 e. The summed E-state index contributed by atoms with van der Waals surface area (Å²) in [6.45, 7) is 2.32. The van der Waals surface area contributed by atoms with Gasteiger partial charge in [-0.25, -0.2) is 9.37 Å². The maximum absolute atomic E-state index is 14.5. The highest BCUT2D eigenvalue weighted by molar-refractivity contribution is 6.30. The number of aromatic nitrogens is 5. The van der Waals surface area contributed by atoms with E-state index in [0.717, 1.165) is 29.7 Å². The van der Waals surface area contributed by atoms with Crippen LogP contribution in [0.5, 0.6) is 5.75 Å². The van der Waals surface area contributed by atoms with Gasteiger partial charge in [0.1, 0.15) is 11.5 Å². The molecule has 0 atom stereocenters. The molecule has 0 aliphatic carbocycles. The number of hydrogen-bond acceptors (Lipinski definition) is 7. The molecule has 38 heavy (non-hydrogen) atoms. The number of nitrogens with zero attached hydrogens (tertiary/aromatic N) is 4. The summed E-state index contributed by atoms with van der Waals surface area (Å²) in [5.41, 5.74) is 5.51. The lowest BCUT2D eigenvalue weighted by Gasteiger charge is -2.15. The van der Waals surface area contributed by atoms with E-state index in [4.69, 9.17) is 26.1 Å². The van der Waals surface area contributed by atoms with E-state index in [-0.39, 0.29) is 5.56 Å². The minimum absolute atomic E-state index is 0.288. The summed E-state index contributed by atoms with van der Waals surface area (Å²) in [4.78, 5) is 14.7. The van der Waals surface area contributed by atoms with Crippen molar-refractivity contribution in [1.82, 2.24) is 30.0 Å². The molecule has 3 aromatic heterocycles. The van der Waals surface area contributed by atoms with Crippen LogP contribution < -0.4 is 10.1 Å². The number of likely N-dealkylation sites (N-methyl/N-ethyl adjacent to an activating group) is 1. The summed E-state index contributed by atoms with van der Waals surface area (Å²) < 4.78 is 25.2. The lowest BCUT2D eigenvalue weighted by Crippen LogP contribution is -2.22. The molecule has 0 fully saturated rings. The monoisotopic (exact) mass is 535 g/mol. The Bertz CT molecular complexity index is 1570. The lowest BCUT2D eigenvalue weighted by molar-refractivity contribution is 0.158. The maximum Gasteiger partial charge on any atom is 0.160 e. The van der Waals surface area contributed by atoms with Gasteiger partial charge in [-0.2, -0.15) is 5.10 Å². The fourth-order valence-corrected chi connectivity index (χ4v) is 4.33. The third kappa shape index (κ3) is 5.47. The van der Waals surface area contributed by atoms with Gasteiger partial charge in [-0.15, -0.1) is 0 Å². The quantitative estimate of drug-likeness (QED) is 0.213. The smallest absolute Gasteiger partial charge is 0.160 e. The number of anilines is 2. The molecule has 196 valence electrons. The van der Waals surface area contributed by atoms with Crippen LogP contribution in [0.4, 0.5) is 15.8 Å². The van der Waals surface area contributed by atoms with Gasteiger partial charge in [-0.3, -0.25) is 15.0 Å². The van der Waals surface area contributed by atoms with Crippen molar-refractivity contribution in [3.63, 3.8) is 0 Å². The van der Waals surface area contributed by atoms with E-state index in [1.807, 2.05) is 6.07 Å². The molecule has 11 heteroatoms. The first-order valence-corrected chi connectivity index (χ1v) is 12.3. The molecule has 0 saturated heterocycles. The van der Waals surface area contributed by atoms with Crippen molar-refractivity contribution in [3.05, 3.63) is 71.3 Å². The van der Waals surface area contributed by atoms with Gasteiger partial charge in [0.15, 0.2) is 11.6 Å². The predicted molar refractivity (Wildman–Crippen MR) is 146 cm³/mol. The average Bonchev–Trinajstić information content (AvgIpc) is 3.55. The van der Waals surface area contributed by atoms with Gasteiger partial charge >= 0.3 is 0 Å². The van der Waals surface area contributed by atoms with Crippen molar-refractivity contribution < 1.29 is 13.9 Å². The van der Waals surface area contributed by atoms with Gasteiger partial charge in [0.2, 0.25) is 0 Å². The minimum Gasteiger partial charge on any atom is -0.493 e. The highest BCUT2D eigenvalue weighted by Gasteiger charge is 2.17. The number of pyridine rings is 1. The van der Waals surface area contributed by atoms with Crippen molar-refractivity contribution in [3.8, 4) is 28.5 Å². The summed E-state index contributed by atoms with van der Waals surface area (Å²) in [7, 11) is 5.30. The van der Waals surface area contributed by atoms with Gasteiger partial charge in [-0.1, -0.05) is 17.7 Å². The van der Waals surface area contributed by atoms with Crippen molar-refractivity contribution in [2.75, 3.05) is 39.7 Å². The number of halogens is 2. The number of nitrogens with one attached hydrogen (secondary N) is 3. The number of H-pyrrole nitrogens is 2. The van der Waals surface area contributed by atoms with Crippen LogP contribution in [0.15, 0.2) is 54.9 Å². The Morgan fingerprint density at radius 3 is 2.76 bits per heavy atom. The van der Waals surface area contributed by atoms with E-state index >= 15 is 0 Å². The second-order valence-corrected chi connectivity index (χ2v) is 9.28. The van der Waals surface area contributed by atoms with Gasteiger partial charge in [-0.05, 0) is 49.0 Å². The van der Waals surface area contributed by atoms with E-state index < -0.39 is 5.82 Å². The van der Waals surface area contributed by atoms with Gasteiger partial charge in [0.25, 0.3) is 0 Å². The van der Waals surface area contributed by atoms with Crippen LogP contribution in [-0.4, -0.2) is 64.5 Å². The lowest BCUT2D eigenvalue weighted by atomic mass is 10.1. The van der Waals surface area contributed by atoms with E-state index in [9.17, 15) is 4.39 Å². The summed E-state index contributed by atoms with van der Waals surface area (Å²) in [5.74, 6) is 0.683. The van der Waals surface area contributed by atoms with Gasteiger partial charge in [0, 0.05) is 30.8 Å². The molecular weight excluding hydrogens is 509 g/mol. The second-order valence-electron chi connectivity index (χ2n) is 8.85. The van der Waals surface area contributed by atoms with Crippen LogP contribution in [0.1, 0.15) is 5.56 Å². The molecule has 5 aromatic rings. The summed E-state index contributed by atoms with van der Waals surface area (Å²) in [6.07, 6.45) is 3.18. The van der Waals surface area contributed by atoms with E-state index in [1.165, 1.54) is 24.4 Å². The Morgan fingerprint density at radius 1 is 1.08 bits per heavy atom. The van der Waals surface area contributed by atoms with E-state index in [0.29, 0.717) is 46.0 Å². The van der Waals surface area contributed by atoms with E-state index in [1.54, 1.807) is 26.5 Å². The highest BCUT2D eigenvalue weighted by Crippen LogP contribution is 2.35. The summed E-state index contributed by atoms with van der Waals surface area (Å²) >= 11 is 6.09. The number of rotatable bonds is 10. The van der Waals surface area contributed by atoms with Gasteiger partial charge in [0.05, 0.1) is 54.2 Å². The Morgan fingerprint density at radius 2 is 1.95 bits per heavy atom. The number of methoxy groups -OCH3 is 2. The Kier molecular flexibility index (Phi) is 7.54. The van der Waals surface area contributed by atoms with Crippen molar-refractivity contribution in [2.45, 2.75) is 6.54 Å². The van der Waals surface area contributed by atoms with Crippen LogP contribution in [0.3, 0.4) is 0 Å². The molecule has 0 saturated carbocycles. The van der Waals surface area contributed by atoms with Crippen LogP contribution >= 0.6 is 11.6 Å². The molecule has 9 nitrogen and oxygen atoms in total. The standard InChI is InChI=1S/C27H27ClFN7O2/c1-36(8-9-37-2)15-16-4-7-20-22(10-16)34-27(33-20)26-24(13-31-35-26)32-23-12-21(30-14-25(23)38-3)18-11-17(28)5-6-19(18)29/h4-7,10-14H,8-9,15H2,1-3H3,(H,30,32)(H,31,35)(H,33,34). The molecule has 0 spiro atoms. The highest BCUT2D eigenvalue weighted by atomic mass is 35.5. The zero-order valence-corrected chi connectivity index (χ0v) is 21.9. The van der Waals surface area contributed by atoms with Crippen molar-refractivity contribution in [2.24, 2.45) is 0 Å². The number of ether oxygens (including phenoxy) is 2. The molecule has 2 aromatic carbocycles. The molecule has 5 rings (SSSR count). The number of aromatic amines is 2. The minimum atomic E-state index is -0.423. The Labute approximate surface area is 224 Å². The van der Waals surface area contributed by atoms with Crippen molar-refractivity contribution >= 4 is 34.0 Å². The molecule has 0 radical (unpaired) electrons. The molecule has 0 bridgehead atoms. The molecule has 0 aliphatic heterocycles. The van der Waals surface area contributed by atoms with Crippen LogP contribution in [0.2, 0.25) is 5.02 Å². The van der Waals surface area contributed by atoms with Gasteiger partial charge < -0.3 is 19.8 Å². The third-order valence-electron chi connectivity index (χ3n) is 6.11. The SMILES string of the molecule is COCCN(C)Cc1ccc2nc(-c3[nH]ncc3Nc3cc(-c4cc(Cl)ccc4F)ncc3OC)[nH]c2c1. The summed E-state index contributed by atoms with van der Waals surface area (Å²) in [6, 6.07) is 12.2. The third-order valence-corrected chi connectivity index (χ3v) is 6.35. The first-order chi connectivity index (χ1) is 18.4. The first-order valence-electron chi connectivity index (χ1n) is 11.9. The number of hydrogen-bond donors (Lipinski definition) is 3. The fourth-order valence-electron chi connectivity index (χ4n) is 4.16. The Balaban J connectivity index is 1.43. The molecule has 0 aliphatic rings. The normalized spacial score (nSPS) is 11.4. The number of imidazole rings is 1. The molecule has 3 N–H and O–H groups in total. The van der Waals surface area contributed by atoms with Crippen LogP contribution in [-0.2, 0) is 11.3 Å². The second kappa shape index (κ2) is 11.2. The molecule has 0 unspecified atom stereocenters. The van der Waals surface area contributed by atoms with Crippen molar-refractivity contribution in [1.29, 1.82) is 0 Å². The number of fused-ring (bicyclic) bond motifs is 1. The topological polar surface area (TPSA) is 104 Å². The molecule has 0 amide bonds. The fraction of sp³-hybridized carbons (Fsp3) is 0.222.